The average Bonchev–Trinajstić information content (AvgIpc) is 2.75. The zero-order valence-electron chi connectivity index (χ0n) is 11.6. The van der Waals surface area contributed by atoms with Crippen LogP contribution in [0.25, 0.3) is 0 Å². The van der Waals surface area contributed by atoms with Gasteiger partial charge in [-0.1, -0.05) is 50.8 Å². The van der Waals surface area contributed by atoms with Crippen molar-refractivity contribution in [1.82, 2.24) is 10.3 Å². The second kappa shape index (κ2) is 5.81. The molecular formula is C14H19BN2O3. The molecule has 1 aliphatic heterocycles. The second-order valence-corrected chi connectivity index (χ2v) is 5.85. The van der Waals surface area contributed by atoms with Crippen molar-refractivity contribution in [2.45, 2.75) is 57.2 Å². The van der Waals surface area contributed by atoms with Crippen molar-refractivity contribution in [3.8, 4) is 0 Å². The highest BCUT2D eigenvalue weighted by Gasteiger charge is 2.29. The maximum absolute atomic E-state index is 11.6. The van der Waals surface area contributed by atoms with Crippen molar-refractivity contribution < 1.29 is 14.0 Å². The molecule has 2 aliphatic rings. The molecule has 2 amide bonds. The first-order valence-corrected chi connectivity index (χ1v) is 7.55. The van der Waals surface area contributed by atoms with Crippen LogP contribution in [0.3, 0.4) is 0 Å². The zero-order chi connectivity index (χ0) is 13.9. The molecule has 1 N–H and O–H groups in total. The third-order valence-electron chi connectivity index (χ3n) is 4.22. The van der Waals surface area contributed by atoms with Crippen LogP contribution in [0.4, 0.5) is 0 Å². The third kappa shape index (κ3) is 2.94. The van der Waals surface area contributed by atoms with Crippen LogP contribution in [0, 0.1) is 0 Å². The van der Waals surface area contributed by atoms with Crippen molar-refractivity contribution in [2.24, 2.45) is 0 Å². The smallest absolute Gasteiger partial charge is 0.295 e. The number of fused-ring (bicyclic) bond motifs is 1. The first kappa shape index (κ1) is 13.4. The molecule has 0 aromatic carbocycles. The number of carbonyl (C=O) groups excluding carboxylic acids is 2. The van der Waals surface area contributed by atoms with E-state index in [0.29, 0.717) is 17.3 Å². The Bertz CT molecular complexity index is 518. The van der Waals surface area contributed by atoms with E-state index in [-0.39, 0.29) is 18.1 Å². The summed E-state index contributed by atoms with van der Waals surface area (Å²) >= 11 is 0. The third-order valence-corrected chi connectivity index (χ3v) is 4.22. The Kier molecular flexibility index (Phi) is 3.89. The Hall–Kier alpha value is -1.59. The van der Waals surface area contributed by atoms with Crippen molar-refractivity contribution in [1.29, 1.82) is 0 Å². The van der Waals surface area contributed by atoms with E-state index in [1.807, 2.05) is 0 Å². The fourth-order valence-electron chi connectivity index (χ4n) is 3.16. The van der Waals surface area contributed by atoms with E-state index < -0.39 is 5.91 Å². The van der Waals surface area contributed by atoms with Crippen LogP contribution in [0.1, 0.15) is 61.2 Å². The molecule has 20 heavy (non-hydrogen) atoms. The predicted molar refractivity (Wildman–Crippen MR) is 75.5 cm³/mol. The van der Waals surface area contributed by atoms with Gasteiger partial charge >= 0.3 is 0 Å². The summed E-state index contributed by atoms with van der Waals surface area (Å²) in [6, 6.07) is 0. The molecule has 1 fully saturated rings. The Labute approximate surface area is 118 Å². The number of amides is 2. The number of hydrogen-bond acceptors (Lipinski definition) is 4. The molecule has 5 nitrogen and oxygen atoms in total. The van der Waals surface area contributed by atoms with E-state index in [1.165, 1.54) is 44.9 Å². The number of nitrogens with one attached hydrogen (secondary N) is 1. The largest absolute Gasteiger partial charge is 0.446 e. The van der Waals surface area contributed by atoms with Gasteiger partial charge in [-0.15, -0.1) is 0 Å². The van der Waals surface area contributed by atoms with Gasteiger partial charge in [0.1, 0.15) is 11.5 Å². The Morgan fingerprint density at radius 3 is 2.55 bits per heavy atom. The summed E-state index contributed by atoms with van der Waals surface area (Å²) in [5, 5.41) is 2.26. The molecule has 6 heteroatoms. The zero-order valence-corrected chi connectivity index (χ0v) is 11.6. The summed E-state index contributed by atoms with van der Waals surface area (Å²) in [5.74, 6) is 0.686. The van der Waals surface area contributed by atoms with Gasteiger partial charge in [-0.2, -0.15) is 0 Å². The molecule has 2 heterocycles. The van der Waals surface area contributed by atoms with E-state index in [9.17, 15) is 9.59 Å². The van der Waals surface area contributed by atoms with Crippen LogP contribution < -0.4 is 11.1 Å². The number of aromatic nitrogens is 1. The fourth-order valence-corrected chi connectivity index (χ4v) is 3.16. The van der Waals surface area contributed by atoms with Gasteiger partial charge in [-0.25, -0.2) is 4.98 Å². The molecule has 1 aromatic rings. The van der Waals surface area contributed by atoms with E-state index in [4.69, 9.17) is 4.42 Å². The van der Waals surface area contributed by atoms with Gasteiger partial charge in [0.25, 0.3) is 5.91 Å². The minimum Gasteiger partial charge on any atom is -0.446 e. The highest BCUT2D eigenvalue weighted by molar-refractivity contribution is 6.52. The molecule has 0 spiro atoms. The van der Waals surface area contributed by atoms with Gasteiger partial charge in [-0.05, 0) is 0 Å². The molecule has 0 atom stereocenters. The highest BCUT2D eigenvalue weighted by Crippen LogP contribution is 2.26. The lowest BCUT2D eigenvalue weighted by Crippen LogP contribution is -2.36. The molecule has 3 rings (SSSR count). The van der Waals surface area contributed by atoms with Crippen molar-refractivity contribution in [3.05, 3.63) is 11.5 Å². The van der Waals surface area contributed by atoms with Crippen LogP contribution in [-0.2, 0) is 11.2 Å². The topological polar surface area (TPSA) is 72.2 Å². The van der Waals surface area contributed by atoms with Crippen LogP contribution >= 0.6 is 0 Å². The second-order valence-electron chi connectivity index (χ2n) is 5.85. The maximum atomic E-state index is 11.6. The number of rotatable bonds is 2. The Balaban J connectivity index is 1.70. The SMILES string of the molecule is O=C1Cc2nc(BC3CCCCCCC3)oc2C(=O)N1. The van der Waals surface area contributed by atoms with Crippen molar-refractivity contribution in [3.63, 3.8) is 0 Å². The van der Waals surface area contributed by atoms with Gasteiger partial charge in [-0.3, -0.25) is 14.9 Å². The highest BCUT2D eigenvalue weighted by atomic mass is 16.4. The van der Waals surface area contributed by atoms with E-state index in [1.54, 1.807) is 0 Å². The minimum atomic E-state index is -0.451. The molecule has 1 saturated carbocycles. The number of nitrogens with zero attached hydrogens (tertiary/aromatic N) is 1. The minimum absolute atomic E-state index is 0.148. The first-order chi connectivity index (χ1) is 9.72. The van der Waals surface area contributed by atoms with Gasteiger partial charge in [0.15, 0.2) is 0 Å². The number of imide groups is 1. The summed E-state index contributed by atoms with van der Waals surface area (Å²) in [7, 11) is 0.786. The molecule has 1 aromatic heterocycles. The normalized spacial score (nSPS) is 20.8. The lowest BCUT2D eigenvalue weighted by Gasteiger charge is -2.16. The number of hydrogen-bond donors (Lipinski definition) is 1. The van der Waals surface area contributed by atoms with Crippen LogP contribution in [0.15, 0.2) is 4.42 Å². The predicted octanol–water partition coefficient (Wildman–Crippen LogP) is 1.08. The fraction of sp³-hybridized carbons (Fsp3) is 0.643. The lowest BCUT2D eigenvalue weighted by molar-refractivity contribution is -0.119. The average molecular weight is 274 g/mol. The van der Waals surface area contributed by atoms with Gasteiger partial charge < -0.3 is 4.42 Å². The summed E-state index contributed by atoms with van der Waals surface area (Å²) in [6.07, 6.45) is 9.08. The summed E-state index contributed by atoms with van der Waals surface area (Å²) in [4.78, 5) is 27.3. The number of carbonyl (C=O) groups is 2. The molecular weight excluding hydrogens is 255 g/mol. The first-order valence-electron chi connectivity index (χ1n) is 7.55. The molecule has 0 unspecified atom stereocenters. The Morgan fingerprint density at radius 1 is 1.10 bits per heavy atom. The van der Waals surface area contributed by atoms with Gasteiger partial charge in [0.05, 0.1) is 6.42 Å². The lowest BCUT2D eigenvalue weighted by atomic mass is 9.60. The van der Waals surface area contributed by atoms with E-state index >= 15 is 0 Å². The van der Waals surface area contributed by atoms with Gasteiger partial charge in [0, 0.05) is 0 Å². The van der Waals surface area contributed by atoms with Crippen LogP contribution in [-0.4, -0.2) is 24.1 Å². The molecule has 0 bridgehead atoms. The summed E-state index contributed by atoms with van der Waals surface area (Å²) in [5.41, 5.74) is 0.500. The van der Waals surface area contributed by atoms with Crippen molar-refractivity contribution in [2.75, 3.05) is 0 Å². The number of oxazole rings is 1. The van der Waals surface area contributed by atoms with E-state index in [2.05, 4.69) is 10.3 Å². The maximum Gasteiger partial charge on any atom is 0.295 e. The quantitative estimate of drug-likeness (QED) is 0.647. The van der Waals surface area contributed by atoms with Crippen LogP contribution in [0.2, 0.25) is 5.82 Å². The Morgan fingerprint density at radius 2 is 1.80 bits per heavy atom. The standard InChI is InChI=1S/C14H19BN2O3/c18-11-8-10-12(13(19)17-11)20-14(16-10)15-9-6-4-2-1-3-5-7-9/h9,15H,1-8H2,(H,17,18,19). The van der Waals surface area contributed by atoms with Gasteiger partial charge in [0.2, 0.25) is 18.9 Å². The van der Waals surface area contributed by atoms with Crippen molar-refractivity contribution >= 4 is 24.9 Å². The molecule has 0 saturated heterocycles. The molecule has 106 valence electrons. The van der Waals surface area contributed by atoms with Crippen LogP contribution in [0.5, 0.6) is 0 Å². The molecule has 1 aliphatic carbocycles. The summed E-state index contributed by atoms with van der Waals surface area (Å²) < 4.78 is 5.57. The van der Waals surface area contributed by atoms with E-state index in [0.717, 1.165) is 7.28 Å². The molecule has 0 radical (unpaired) electrons. The summed E-state index contributed by atoms with van der Waals surface area (Å²) in [6.45, 7) is 0. The monoisotopic (exact) mass is 274 g/mol.